The van der Waals surface area contributed by atoms with Crippen LogP contribution in [0.5, 0.6) is 0 Å². The molecule has 1 N–H and O–H groups in total. The number of halogens is 4. The van der Waals surface area contributed by atoms with Crippen molar-refractivity contribution in [3.8, 4) is 0 Å². The molecule has 0 radical (unpaired) electrons. The number of hydrogen-bond acceptors (Lipinski definition) is 3. The Balaban J connectivity index is 1.61. The van der Waals surface area contributed by atoms with E-state index in [9.17, 15) is 26.4 Å². The first-order valence-electron chi connectivity index (χ1n) is 9.76. The Kier molecular flexibility index (Phi) is 5.64. The molecule has 4 nitrogen and oxygen atoms in total. The molecule has 0 saturated heterocycles. The van der Waals surface area contributed by atoms with Gasteiger partial charge in [-0.25, -0.2) is 21.6 Å². The van der Waals surface area contributed by atoms with Crippen LogP contribution in [0.2, 0.25) is 5.02 Å². The van der Waals surface area contributed by atoms with Crippen LogP contribution in [0, 0.1) is 29.3 Å². The van der Waals surface area contributed by atoms with E-state index in [1.807, 2.05) is 0 Å². The fourth-order valence-electron chi connectivity index (χ4n) is 4.50. The number of benzene rings is 2. The Hall–Kier alpha value is -2.32. The van der Waals surface area contributed by atoms with E-state index in [0.29, 0.717) is 25.0 Å². The molecule has 2 saturated carbocycles. The van der Waals surface area contributed by atoms with Gasteiger partial charge in [0, 0.05) is 23.4 Å². The van der Waals surface area contributed by atoms with Gasteiger partial charge >= 0.3 is 0 Å². The average Bonchev–Trinajstić information content (AvgIpc) is 2.91. The molecule has 3 atom stereocenters. The lowest BCUT2D eigenvalue weighted by Crippen LogP contribution is -2.30. The Labute approximate surface area is 183 Å². The summed E-state index contributed by atoms with van der Waals surface area (Å²) in [6, 6.07) is 5.03. The quantitative estimate of drug-likeness (QED) is 0.473. The number of nitrogens with one attached hydrogen (secondary N) is 1. The number of carbonyl (C=O) groups excluding carboxylic acids is 1. The molecule has 2 aliphatic carbocycles. The van der Waals surface area contributed by atoms with Crippen molar-refractivity contribution in [1.29, 1.82) is 0 Å². The molecule has 2 fully saturated rings. The van der Waals surface area contributed by atoms with E-state index in [4.69, 9.17) is 11.6 Å². The van der Waals surface area contributed by atoms with Crippen molar-refractivity contribution in [2.45, 2.75) is 35.8 Å². The van der Waals surface area contributed by atoms with Gasteiger partial charge in [-0.05, 0) is 55.7 Å². The summed E-state index contributed by atoms with van der Waals surface area (Å²) in [5, 5.41) is 1.61. The molecule has 31 heavy (non-hydrogen) atoms. The normalized spacial score (nSPS) is 23.1. The first-order chi connectivity index (χ1) is 14.6. The van der Waals surface area contributed by atoms with Crippen LogP contribution in [0.15, 0.2) is 47.4 Å². The van der Waals surface area contributed by atoms with Crippen molar-refractivity contribution in [2.24, 2.45) is 11.8 Å². The number of sulfone groups is 1. The Morgan fingerprint density at radius 1 is 1.03 bits per heavy atom. The van der Waals surface area contributed by atoms with Gasteiger partial charge in [-0.1, -0.05) is 23.8 Å². The predicted octanol–water partition coefficient (Wildman–Crippen LogP) is 5.53. The Morgan fingerprint density at radius 2 is 1.61 bits per heavy atom. The number of carbonyl (C=O) groups is 1. The van der Waals surface area contributed by atoms with Gasteiger partial charge < -0.3 is 5.32 Å². The number of amides is 1. The van der Waals surface area contributed by atoms with E-state index in [2.05, 4.69) is 11.9 Å². The van der Waals surface area contributed by atoms with Crippen molar-refractivity contribution < 1.29 is 26.4 Å². The standard InChI is InChI=1S/C22H19ClF3NO3S/c1-11-12-2-3-13(11)7-16(6-12)31(29,30)20-8-14(4-5-17(20)23)22(28)27-15-9-18(24)21(26)19(25)10-15/h4-5,8-10,12-13,16H,1-3,6-7H2,(H,27,28)/t12-,13?,16?/m0/s1. The van der Waals surface area contributed by atoms with Crippen LogP contribution in [-0.2, 0) is 9.84 Å². The summed E-state index contributed by atoms with van der Waals surface area (Å²) in [5.41, 5.74) is 0.754. The smallest absolute Gasteiger partial charge is 0.255 e. The monoisotopic (exact) mass is 469 g/mol. The third kappa shape index (κ3) is 3.99. The van der Waals surface area contributed by atoms with Crippen LogP contribution in [0.4, 0.5) is 18.9 Å². The molecule has 2 aromatic rings. The third-order valence-corrected chi connectivity index (χ3v) is 8.84. The highest BCUT2D eigenvalue weighted by atomic mass is 35.5. The van der Waals surface area contributed by atoms with Crippen molar-refractivity contribution in [1.82, 2.24) is 0 Å². The first kappa shape index (κ1) is 21.9. The molecular weight excluding hydrogens is 451 g/mol. The molecule has 164 valence electrons. The fraction of sp³-hybridized carbons (Fsp3) is 0.318. The average molecular weight is 470 g/mol. The molecular formula is C22H19ClF3NO3S. The summed E-state index contributed by atoms with van der Waals surface area (Å²) < 4.78 is 66.5. The first-order valence-corrected chi connectivity index (χ1v) is 11.7. The maximum atomic E-state index is 13.4. The van der Waals surface area contributed by atoms with Crippen molar-refractivity contribution in [3.63, 3.8) is 0 Å². The van der Waals surface area contributed by atoms with Gasteiger partial charge in [-0.3, -0.25) is 4.79 Å². The van der Waals surface area contributed by atoms with Crippen LogP contribution >= 0.6 is 11.6 Å². The highest BCUT2D eigenvalue weighted by molar-refractivity contribution is 7.92. The second-order valence-corrected chi connectivity index (χ2v) is 10.6. The van der Waals surface area contributed by atoms with Gasteiger partial charge in [0.1, 0.15) is 0 Å². The van der Waals surface area contributed by atoms with E-state index in [1.165, 1.54) is 12.1 Å². The van der Waals surface area contributed by atoms with E-state index in [1.54, 1.807) is 0 Å². The zero-order chi connectivity index (χ0) is 22.5. The Bertz CT molecular complexity index is 1160. The summed E-state index contributed by atoms with van der Waals surface area (Å²) in [5.74, 6) is -5.02. The van der Waals surface area contributed by atoms with Crippen LogP contribution < -0.4 is 5.32 Å². The number of fused-ring (bicyclic) bond motifs is 2. The maximum Gasteiger partial charge on any atom is 0.255 e. The van der Waals surface area contributed by atoms with E-state index >= 15 is 0 Å². The molecule has 2 aliphatic rings. The minimum Gasteiger partial charge on any atom is -0.322 e. The minimum absolute atomic E-state index is 0.00725. The molecule has 0 heterocycles. The fourth-order valence-corrected chi connectivity index (χ4v) is 6.90. The summed E-state index contributed by atoms with van der Waals surface area (Å²) >= 11 is 6.17. The van der Waals surface area contributed by atoms with E-state index in [0.717, 1.165) is 24.5 Å². The lowest BCUT2D eigenvalue weighted by Gasteiger charge is -2.29. The highest BCUT2D eigenvalue weighted by Crippen LogP contribution is 2.48. The second-order valence-electron chi connectivity index (χ2n) is 8.04. The van der Waals surface area contributed by atoms with Crippen molar-refractivity contribution in [3.05, 3.63) is 70.5 Å². The summed E-state index contributed by atoms with van der Waals surface area (Å²) in [6.45, 7) is 4.09. The van der Waals surface area contributed by atoms with Gasteiger partial charge in [-0.2, -0.15) is 0 Å². The maximum absolute atomic E-state index is 13.4. The number of rotatable bonds is 4. The largest absolute Gasteiger partial charge is 0.322 e. The lowest BCUT2D eigenvalue weighted by atomic mass is 9.85. The molecule has 9 heteroatoms. The summed E-state index contributed by atoms with van der Waals surface area (Å²) in [4.78, 5) is 12.4. The molecule has 0 aliphatic heterocycles. The summed E-state index contributed by atoms with van der Waals surface area (Å²) in [7, 11) is -3.81. The Morgan fingerprint density at radius 3 is 2.19 bits per heavy atom. The molecule has 2 aromatic carbocycles. The number of anilines is 1. The molecule has 0 spiro atoms. The van der Waals surface area contributed by atoms with Crippen molar-refractivity contribution in [2.75, 3.05) is 5.32 Å². The molecule has 2 unspecified atom stereocenters. The summed E-state index contributed by atoms with van der Waals surface area (Å²) in [6.07, 6.45) is 2.80. The SMILES string of the molecule is C=C1C2CC[C@H]1CC(S(=O)(=O)c1cc(C(=O)Nc3cc(F)c(F)c(F)c3)ccc1Cl)C2. The highest BCUT2D eigenvalue weighted by Gasteiger charge is 2.43. The lowest BCUT2D eigenvalue weighted by molar-refractivity contribution is 0.102. The zero-order valence-corrected chi connectivity index (χ0v) is 17.9. The number of hydrogen-bond donors (Lipinski definition) is 1. The topological polar surface area (TPSA) is 63.2 Å². The van der Waals surface area contributed by atoms with Gasteiger partial charge in [0.25, 0.3) is 5.91 Å². The van der Waals surface area contributed by atoms with Crippen LogP contribution in [0.25, 0.3) is 0 Å². The van der Waals surface area contributed by atoms with Gasteiger partial charge in [-0.15, -0.1) is 0 Å². The molecule has 4 rings (SSSR count). The second kappa shape index (κ2) is 7.98. The van der Waals surface area contributed by atoms with E-state index in [-0.39, 0.29) is 33.0 Å². The van der Waals surface area contributed by atoms with Gasteiger partial charge in [0.2, 0.25) is 0 Å². The third-order valence-electron chi connectivity index (χ3n) is 6.19. The van der Waals surface area contributed by atoms with Gasteiger partial charge in [0.15, 0.2) is 27.3 Å². The van der Waals surface area contributed by atoms with Gasteiger partial charge in [0.05, 0.1) is 15.2 Å². The molecule has 1 amide bonds. The van der Waals surface area contributed by atoms with Crippen molar-refractivity contribution >= 4 is 33.0 Å². The predicted molar refractivity (Wildman–Crippen MR) is 111 cm³/mol. The van der Waals surface area contributed by atoms with Crippen LogP contribution in [-0.4, -0.2) is 19.6 Å². The van der Waals surface area contributed by atoms with E-state index < -0.39 is 38.4 Å². The number of allylic oxidation sites excluding steroid dienone is 1. The molecule has 2 bridgehead atoms. The minimum atomic E-state index is -3.81. The van der Waals surface area contributed by atoms with Crippen LogP contribution in [0.1, 0.15) is 36.0 Å². The molecule has 0 aromatic heterocycles. The zero-order valence-electron chi connectivity index (χ0n) is 16.3. The van der Waals surface area contributed by atoms with Crippen LogP contribution in [0.3, 0.4) is 0 Å².